The van der Waals surface area contributed by atoms with Crippen molar-refractivity contribution < 1.29 is 80.2 Å². The highest BCUT2D eigenvalue weighted by molar-refractivity contribution is 7.47. The zero-order valence-electron chi connectivity index (χ0n) is 61.4. The maximum atomic E-state index is 13.1. The molecule has 3 N–H and O–H groups in total. The van der Waals surface area contributed by atoms with Crippen LogP contribution in [0.4, 0.5) is 0 Å². The molecule has 98 heavy (non-hydrogen) atoms. The van der Waals surface area contributed by atoms with Crippen molar-refractivity contribution in [3.8, 4) is 0 Å². The van der Waals surface area contributed by atoms with Crippen LogP contribution < -0.4 is 0 Å². The summed E-state index contributed by atoms with van der Waals surface area (Å²) >= 11 is 0. The number of phosphoric ester groups is 2. The number of phosphoric acid groups is 2. The standard InChI is InChI=1S/C79H136O17P2/c1-5-9-13-17-21-25-29-33-36-40-43-47-51-55-59-63-76(81)89-69-74(95-78(83)65-61-57-53-49-45-39-32-28-24-20-16-12-8-4)71-93-97(85,86)91-67-73(80)68-92-98(87,88)94-72-75(96-79(84)66-62-58-54-50-46-42-38-35-31-27-23-19-15-11-7-3)70-90-77(82)64-60-56-52-48-44-41-37-34-30-26-22-18-14-10-6-2/h9-10,13-14,21-23,25-27,33-38,43,47,73-75,80H,5-8,11-12,15-20,24,28-32,39-42,44-46,48-72H2,1-4H3,(H,85,86)(H,87,88)/b13-9-,14-10-,25-21-,26-22-,27-23-,36-33-,37-34-,38-35-,47-43-. The van der Waals surface area contributed by atoms with Crippen molar-refractivity contribution in [2.24, 2.45) is 0 Å². The molecule has 5 atom stereocenters. The molecule has 19 heteroatoms. The van der Waals surface area contributed by atoms with Crippen LogP contribution in [0.25, 0.3) is 0 Å². The number of ether oxygens (including phenoxy) is 4. The summed E-state index contributed by atoms with van der Waals surface area (Å²) in [6.07, 6.45) is 75.1. The summed E-state index contributed by atoms with van der Waals surface area (Å²) in [5.74, 6) is -2.25. The number of aliphatic hydroxyl groups excluding tert-OH is 1. The SMILES string of the molecule is CC/C=C\C/C=C\C/C=C\C/C=C\CCCCC(=O)OCC(COP(=O)(O)OCC(O)COP(=O)(O)OCC(COC(=O)CCCCCCC/C=C\C/C=C\C/C=C\CC)OC(=O)CCCCCCC/C=C\C/C=C\CCCCC)OC(=O)CCCCCCCCCCCCCCC. The Kier molecular flexibility index (Phi) is 68.0. The molecule has 0 heterocycles. The first-order chi connectivity index (χ1) is 47.7. The van der Waals surface area contributed by atoms with E-state index < -0.39 is 97.5 Å². The van der Waals surface area contributed by atoms with Crippen LogP contribution in [0.5, 0.6) is 0 Å². The van der Waals surface area contributed by atoms with Gasteiger partial charge < -0.3 is 33.8 Å². The second kappa shape index (κ2) is 71.1. The fraction of sp³-hybridized carbons (Fsp3) is 0.722. The quantitative estimate of drug-likeness (QED) is 0.0169. The molecule has 0 bridgehead atoms. The summed E-state index contributed by atoms with van der Waals surface area (Å²) in [7, 11) is -9.97. The van der Waals surface area contributed by atoms with Crippen LogP contribution in [0.15, 0.2) is 109 Å². The molecule has 564 valence electrons. The molecule has 0 spiro atoms. The van der Waals surface area contributed by atoms with E-state index >= 15 is 0 Å². The van der Waals surface area contributed by atoms with E-state index in [2.05, 4.69) is 137 Å². The largest absolute Gasteiger partial charge is 0.472 e. The minimum atomic E-state index is -4.98. The number of esters is 4. The van der Waals surface area contributed by atoms with Gasteiger partial charge in [-0.25, -0.2) is 9.13 Å². The third kappa shape index (κ3) is 70.2. The average Bonchev–Trinajstić information content (AvgIpc) is 0.959. The number of carbonyl (C=O) groups excluding carboxylic acids is 4. The summed E-state index contributed by atoms with van der Waals surface area (Å²) in [4.78, 5) is 72.8. The highest BCUT2D eigenvalue weighted by Gasteiger charge is 2.30. The van der Waals surface area contributed by atoms with Gasteiger partial charge in [-0.15, -0.1) is 0 Å². The molecule has 5 unspecified atom stereocenters. The Morgan fingerprint density at radius 1 is 0.296 bits per heavy atom. The molecule has 0 amide bonds. The molecule has 0 saturated carbocycles. The van der Waals surface area contributed by atoms with E-state index in [9.17, 15) is 43.2 Å². The van der Waals surface area contributed by atoms with E-state index in [0.29, 0.717) is 25.7 Å². The molecular formula is C79H136O17P2. The van der Waals surface area contributed by atoms with Crippen LogP contribution in [-0.2, 0) is 65.4 Å². The Morgan fingerprint density at radius 2 is 0.531 bits per heavy atom. The van der Waals surface area contributed by atoms with Crippen LogP contribution in [0, 0.1) is 0 Å². The summed E-state index contributed by atoms with van der Waals surface area (Å²) in [6.45, 7) is 4.55. The number of hydrogen-bond donors (Lipinski definition) is 3. The van der Waals surface area contributed by atoms with Crippen molar-refractivity contribution >= 4 is 39.5 Å². The molecular weight excluding hydrogens is 1280 g/mol. The van der Waals surface area contributed by atoms with Crippen molar-refractivity contribution in [1.82, 2.24) is 0 Å². The second-order valence-electron chi connectivity index (χ2n) is 25.2. The van der Waals surface area contributed by atoms with Crippen molar-refractivity contribution in [3.63, 3.8) is 0 Å². The van der Waals surface area contributed by atoms with Crippen molar-refractivity contribution in [2.75, 3.05) is 39.6 Å². The third-order valence-corrected chi connectivity index (χ3v) is 17.6. The summed E-state index contributed by atoms with van der Waals surface area (Å²) < 4.78 is 68.4. The molecule has 0 fully saturated rings. The van der Waals surface area contributed by atoms with Gasteiger partial charge in [-0.3, -0.25) is 37.3 Å². The topological polar surface area (TPSA) is 237 Å². The lowest BCUT2D eigenvalue weighted by molar-refractivity contribution is -0.161. The number of rotatable bonds is 71. The third-order valence-electron chi connectivity index (χ3n) is 15.7. The summed E-state index contributed by atoms with van der Waals surface area (Å²) in [5.41, 5.74) is 0. The number of unbranched alkanes of at least 4 members (excludes halogenated alkanes) is 27. The lowest BCUT2D eigenvalue weighted by atomic mass is 10.0. The normalized spacial score (nSPS) is 14.6. The maximum absolute atomic E-state index is 13.1. The number of hydrogen-bond acceptors (Lipinski definition) is 15. The molecule has 0 rings (SSSR count). The molecule has 0 radical (unpaired) electrons. The number of aliphatic hydroxyl groups is 1. The van der Waals surface area contributed by atoms with Crippen LogP contribution in [0.2, 0.25) is 0 Å². The Bertz CT molecular complexity index is 2290. The van der Waals surface area contributed by atoms with Gasteiger partial charge in [0.2, 0.25) is 0 Å². The monoisotopic (exact) mass is 1420 g/mol. The number of allylic oxidation sites excluding steroid dienone is 18. The van der Waals surface area contributed by atoms with Gasteiger partial charge >= 0.3 is 39.5 Å². The van der Waals surface area contributed by atoms with Gasteiger partial charge in [-0.1, -0.05) is 265 Å². The second-order valence-corrected chi connectivity index (χ2v) is 28.1. The van der Waals surface area contributed by atoms with Crippen molar-refractivity contribution in [1.29, 1.82) is 0 Å². The van der Waals surface area contributed by atoms with Gasteiger partial charge in [0.05, 0.1) is 26.4 Å². The zero-order valence-corrected chi connectivity index (χ0v) is 63.2. The predicted molar refractivity (Wildman–Crippen MR) is 399 cm³/mol. The van der Waals surface area contributed by atoms with Crippen molar-refractivity contribution in [2.45, 2.75) is 329 Å². The predicted octanol–water partition coefficient (Wildman–Crippen LogP) is 21.8. The van der Waals surface area contributed by atoms with Gasteiger partial charge in [-0.05, 0) is 128 Å². The van der Waals surface area contributed by atoms with Gasteiger partial charge in [0.25, 0.3) is 0 Å². The molecule has 0 aliphatic rings. The van der Waals surface area contributed by atoms with Crippen LogP contribution in [0.3, 0.4) is 0 Å². The van der Waals surface area contributed by atoms with Crippen LogP contribution in [-0.4, -0.2) is 96.7 Å². The molecule has 0 aliphatic carbocycles. The van der Waals surface area contributed by atoms with E-state index in [-0.39, 0.29) is 25.7 Å². The van der Waals surface area contributed by atoms with Gasteiger partial charge in [0, 0.05) is 25.7 Å². The van der Waals surface area contributed by atoms with E-state index in [1.54, 1.807) is 0 Å². The van der Waals surface area contributed by atoms with E-state index in [1.807, 2.05) is 0 Å². The molecule has 0 saturated heterocycles. The first-order valence-electron chi connectivity index (χ1n) is 38.1. The highest BCUT2D eigenvalue weighted by atomic mass is 31.2. The van der Waals surface area contributed by atoms with E-state index in [1.165, 1.54) is 70.6 Å². The zero-order chi connectivity index (χ0) is 71.8. The van der Waals surface area contributed by atoms with Gasteiger partial charge in [0.15, 0.2) is 12.2 Å². The fourth-order valence-corrected chi connectivity index (χ4v) is 11.5. The first kappa shape index (κ1) is 93.7. The van der Waals surface area contributed by atoms with Crippen LogP contribution >= 0.6 is 15.6 Å². The Labute approximate surface area is 594 Å². The van der Waals surface area contributed by atoms with Gasteiger partial charge in [-0.2, -0.15) is 0 Å². The Balaban J connectivity index is 5.40. The van der Waals surface area contributed by atoms with Crippen molar-refractivity contribution in [3.05, 3.63) is 109 Å². The van der Waals surface area contributed by atoms with Crippen LogP contribution in [0.1, 0.15) is 310 Å². The number of carbonyl (C=O) groups is 4. The summed E-state index contributed by atoms with van der Waals surface area (Å²) in [5, 5.41) is 10.6. The average molecular weight is 1420 g/mol. The maximum Gasteiger partial charge on any atom is 0.472 e. The lowest BCUT2D eigenvalue weighted by Gasteiger charge is -2.21. The summed E-state index contributed by atoms with van der Waals surface area (Å²) in [6, 6.07) is 0. The molecule has 0 aliphatic heterocycles. The Hall–Kier alpha value is -4.28. The van der Waals surface area contributed by atoms with E-state index in [0.717, 1.165) is 161 Å². The fourth-order valence-electron chi connectivity index (χ4n) is 9.96. The highest BCUT2D eigenvalue weighted by Crippen LogP contribution is 2.45. The minimum Gasteiger partial charge on any atom is -0.462 e. The van der Waals surface area contributed by atoms with E-state index in [4.69, 9.17) is 37.0 Å². The smallest absolute Gasteiger partial charge is 0.462 e. The molecule has 0 aromatic heterocycles. The Morgan fingerprint density at radius 3 is 0.857 bits per heavy atom. The van der Waals surface area contributed by atoms with Gasteiger partial charge in [0.1, 0.15) is 19.3 Å². The first-order valence-corrected chi connectivity index (χ1v) is 41.1. The lowest BCUT2D eigenvalue weighted by Crippen LogP contribution is -2.30. The molecule has 0 aromatic carbocycles. The molecule has 0 aromatic rings. The minimum absolute atomic E-state index is 0.0734. The molecule has 17 nitrogen and oxygen atoms in total.